The maximum Gasteiger partial charge on any atom is 0.278 e. The smallest absolute Gasteiger partial charge is 0.278 e. The molecular weight excluding hydrogens is 280 g/mol. The van der Waals surface area contributed by atoms with E-state index in [9.17, 15) is 4.79 Å². The maximum atomic E-state index is 12.7. The summed E-state index contributed by atoms with van der Waals surface area (Å²) in [5, 5.41) is 17.4. The first-order chi connectivity index (χ1) is 10.6. The molecule has 0 amide bonds. The van der Waals surface area contributed by atoms with Crippen LogP contribution in [0.2, 0.25) is 0 Å². The average molecular weight is 296 g/mol. The summed E-state index contributed by atoms with van der Waals surface area (Å²) in [6.07, 6.45) is 5.01. The van der Waals surface area contributed by atoms with E-state index in [1.54, 1.807) is 10.9 Å². The Morgan fingerprint density at radius 1 is 1.36 bits per heavy atom. The van der Waals surface area contributed by atoms with Gasteiger partial charge in [0.25, 0.3) is 5.56 Å². The normalized spacial score (nSPS) is 11.2. The number of hydrogen-bond acceptors (Lipinski definition) is 4. The van der Waals surface area contributed by atoms with Gasteiger partial charge in [-0.25, -0.2) is 0 Å². The van der Waals surface area contributed by atoms with Crippen LogP contribution in [-0.2, 0) is 6.54 Å². The fourth-order valence-electron chi connectivity index (χ4n) is 2.54. The van der Waals surface area contributed by atoms with Gasteiger partial charge >= 0.3 is 0 Å². The Hall–Kier alpha value is -2.88. The molecule has 0 unspecified atom stereocenters. The molecule has 0 aliphatic carbocycles. The molecule has 112 valence electrons. The molecule has 0 spiro atoms. The molecule has 0 fully saturated rings. The van der Waals surface area contributed by atoms with Gasteiger partial charge in [0.2, 0.25) is 0 Å². The standard InChI is InChI=1S/C15H16N6O/c1-4-20-8-11(7-17-20)13-12(9(2)3)15(22)21-14(19-13)10(5-16)6-18-21/h6-9,19H,4H2,1-3H3. The average Bonchev–Trinajstić information content (AvgIpc) is 3.12. The van der Waals surface area contributed by atoms with Crippen molar-refractivity contribution in [1.29, 1.82) is 5.26 Å². The van der Waals surface area contributed by atoms with E-state index >= 15 is 0 Å². The number of rotatable bonds is 3. The summed E-state index contributed by atoms with van der Waals surface area (Å²) in [6, 6.07) is 2.05. The summed E-state index contributed by atoms with van der Waals surface area (Å²) in [4.78, 5) is 15.9. The van der Waals surface area contributed by atoms with Crippen LogP contribution in [0.4, 0.5) is 0 Å². The van der Waals surface area contributed by atoms with Crippen LogP contribution in [0.3, 0.4) is 0 Å². The number of H-pyrrole nitrogens is 1. The summed E-state index contributed by atoms with van der Waals surface area (Å²) in [6.45, 7) is 6.66. The summed E-state index contributed by atoms with van der Waals surface area (Å²) >= 11 is 0. The van der Waals surface area contributed by atoms with E-state index in [4.69, 9.17) is 5.26 Å². The van der Waals surface area contributed by atoms with Gasteiger partial charge in [-0.15, -0.1) is 0 Å². The van der Waals surface area contributed by atoms with E-state index < -0.39 is 0 Å². The molecule has 22 heavy (non-hydrogen) atoms. The molecule has 0 atom stereocenters. The number of aromatic amines is 1. The van der Waals surface area contributed by atoms with E-state index in [0.717, 1.165) is 12.1 Å². The third-order valence-electron chi connectivity index (χ3n) is 3.65. The molecule has 0 aromatic carbocycles. The zero-order valence-electron chi connectivity index (χ0n) is 12.7. The van der Waals surface area contributed by atoms with Gasteiger partial charge in [-0.1, -0.05) is 13.8 Å². The molecule has 0 radical (unpaired) electrons. The Bertz CT molecular complexity index is 937. The molecule has 3 aromatic rings. The van der Waals surface area contributed by atoms with Gasteiger partial charge in [-0.05, 0) is 12.8 Å². The Morgan fingerprint density at radius 2 is 2.14 bits per heavy atom. The molecule has 1 N–H and O–H groups in total. The summed E-state index contributed by atoms with van der Waals surface area (Å²) in [5.41, 5.74) is 2.72. The highest BCUT2D eigenvalue weighted by Crippen LogP contribution is 2.25. The Morgan fingerprint density at radius 3 is 2.73 bits per heavy atom. The van der Waals surface area contributed by atoms with Crippen LogP contribution in [-0.4, -0.2) is 24.4 Å². The SMILES string of the molecule is CCn1cc(-c2[nH]c3c(C#N)cnn3c(=O)c2C(C)C)cn1. The van der Waals surface area contributed by atoms with Crippen LogP contribution in [0.1, 0.15) is 37.8 Å². The van der Waals surface area contributed by atoms with Gasteiger partial charge < -0.3 is 4.98 Å². The van der Waals surface area contributed by atoms with Gasteiger partial charge in [0, 0.05) is 23.9 Å². The van der Waals surface area contributed by atoms with E-state index in [-0.39, 0.29) is 11.5 Å². The Balaban J connectivity index is 2.38. The molecule has 7 nitrogen and oxygen atoms in total. The third kappa shape index (κ3) is 2.00. The molecule has 3 aromatic heterocycles. The second kappa shape index (κ2) is 5.15. The van der Waals surface area contributed by atoms with Crippen LogP contribution >= 0.6 is 0 Å². The number of fused-ring (bicyclic) bond motifs is 1. The summed E-state index contributed by atoms with van der Waals surface area (Å²) in [7, 11) is 0. The summed E-state index contributed by atoms with van der Waals surface area (Å²) in [5.74, 6) is 0.0165. The maximum absolute atomic E-state index is 12.7. The molecule has 0 aliphatic rings. The summed E-state index contributed by atoms with van der Waals surface area (Å²) < 4.78 is 3.05. The number of nitriles is 1. The van der Waals surface area contributed by atoms with Crippen molar-refractivity contribution in [2.24, 2.45) is 0 Å². The second-order valence-corrected chi connectivity index (χ2v) is 5.39. The number of nitrogens with zero attached hydrogens (tertiary/aromatic N) is 5. The molecular formula is C15H16N6O. The van der Waals surface area contributed by atoms with Crippen molar-refractivity contribution < 1.29 is 0 Å². The highest BCUT2D eigenvalue weighted by Gasteiger charge is 2.19. The van der Waals surface area contributed by atoms with Gasteiger partial charge in [-0.3, -0.25) is 9.48 Å². The van der Waals surface area contributed by atoms with E-state index in [1.807, 2.05) is 33.0 Å². The molecule has 0 aliphatic heterocycles. The van der Waals surface area contributed by atoms with Crippen LogP contribution in [0.5, 0.6) is 0 Å². The minimum Gasteiger partial charge on any atom is -0.338 e. The number of hydrogen-bond donors (Lipinski definition) is 1. The lowest BCUT2D eigenvalue weighted by Crippen LogP contribution is -2.22. The van der Waals surface area contributed by atoms with Gasteiger partial charge in [0.15, 0.2) is 5.65 Å². The predicted molar refractivity (Wildman–Crippen MR) is 81.5 cm³/mol. The largest absolute Gasteiger partial charge is 0.338 e. The minimum absolute atomic E-state index is 0.0165. The number of aromatic nitrogens is 5. The first-order valence-electron chi connectivity index (χ1n) is 7.13. The monoisotopic (exact) mass is 296 g/mol. The van der Waals surface area contributed by atoms with E-state index in [0.29, 0.717) is 22.5 Å². The molecule has 7 heteroatoms. The van der Waals surface area contributed by atoms with Crippen LogP contribution in [0.25, 0.3) is 16.9 Å². The number of aryl methyl sites for hydroxylation is 1. The predicted octanol–water partition coefficient (Wildman–Crippen LogP) is 1.90. The van der Waals surface area contributed by atoms with Crippen LogP contribution < -0.4 is 5.56 Å². The first-order valence-corrected chi connectivity index (χ1v) is 7.13. The van der Waals surface area contributed by atoms with Crippen molar-refractivity contribution in [3.05, 3.63) is 40.1 Å². The molecule has 3 rings (SSSR count). The van der Waals surface area contributed by atoms with Gasteiger partial charge in [0.1, 0.15) is 11.6 Å². The zero-order chi connectivity index (χ0) is 15.9. The fraction of sp³-hybridized carbons (Fsp3) is 0.333. The van der Waals surface area contributed by atoms with E-state index in [2.05, 4.69) is 15.2 Å². The molecule has 0 saturated heterocycles. The molecule has 3 heterocycles. The lowest BCUT2D eigenvalue weighted by atomic mass is 10.00. The minimum atomic E-state index is -0.204. The van der Waals surface area contributed by atoms with Crippen molar-refractivity contribution in [3.8, 4) is 17.3 Å². The van der Waals surface area contributed by atoms with Gasteiger partial charge in [-0.2, -0.15) is 20.0 Å². The van der Waals surface area contributed by atoms with Crippen LogP contribution in [0, 0.1) is 11.3 Å². The van der Waals surface area contributed by atoms with Crippen molar-refractivity contribution >= 4 is 5.65 Å². The zero-order valence-corrected chi connectivity index (χ0v) is 12.7. The lowest BCUT2D eigenvalue weighted by Gasteiger charge is -2.11. The first kappa shape index (κ1) is 14.1. The number of nitrogens with one attached hydrogen (secondary N) is 1. The highest BCUT2D eigenvalue weighted by atomic mass is 16.1. The molecule has 0 bridgehead atoms. The van der Waals surface area contributed by atoms with E-state index in [1.165, 1.54) is 10.7 Å². The van der Waals surface area contributed by atoms with Crippen molar-refractivity contribution in [1.82, 2.24) is 24.4 Å². The third-order valence-corrected chi connectivity index (χ3v) is 3.65. The van der Waals surface area contributed by atoms with Crippen molar-refractivity contribution in [2.45, 2.75) is 33.2 Å². The van der Waals surface area contributed by atoms with Gasteiger partial charge in [0.05, 0.1) is 18.1 Å². The quantitative estimate of drug-likeness (QED) is 0.799. The fourth-order valence-corrected chi connectivity index (χ4v) is 2.54. The second-order valence-electron chi connectivity index (χ2n) is 5.39. The Labute approximate surface area is 126 Å². The van der Waals surface area contributed by atoms with Crippen molar-refractivity contribution in [3.63, 3.8) is 0 Å². The topological polar surface area (TPSA) is 91.8 Å². The Kier molecular flexibility index (Phi) is 3.29. The highest BCUT2D eigenvalue weighted by molar-refractivity contribution is 5.67. The molecule has 0 saturated carbocycles. The van der Waals surface area contributed by atoms with Crippen LogP contribution in [0.15, 0.2) is 23.4 Å². The lowest BCUT2D eigenvalue weighted by molar-refractivity contribution is 0.660. The van der Waals surface area contributed by atoms with Crippen molar-refractivity contribution in [2.75, 3.05) is 0 Å².